The highest BCUT2D eigenvalue weighted by molar-refractivity contribution is 5.92. The first-order chi connectivity index (χ1) is 8.56. The molecule has 1 aliphatic heterocycles. The number of nitrogens with two attached hydrogens (primary N) is 1. The molecule has 2 rings (SSSR count). The number of amides is 1. The smallest absolute Gasteiger partial charge is 0.238 e. The number of nitrogen functional groups attached to an aromatic ring is 1. The molecule has 3 N–H and O–H groups in total. The Labute approximate surface area is 107 Å². The van der Waals surface area contributed by atoms with Gasteiger partial charge in [0.2, 0.25) is 5.91 Å². The molecule has 0 unspecified atom stereocenters. The number of aryl methyl sites for hydroxylation is 1. The number of likely N-dealkylation sites (tertiary alicyclic amines) is 1. The van der Waals surface area contributed by atoms with Gasteiger partial charge in [-0.3, -0.25) is 14.7 Å². The van der Waals surface area contributed by atoms with Crippen LogP contribution in [0.1, 0.15) is 25.5 Å². The lowest BCUT2D eigenvalue weighted by Gasteiger charge is -2.20. The van der Waals surface area contributed by atoms with Gasteiger partial charge in [0.05, 0.1) is 29.8 Å². The van der Waals surface area contributed by atoms with Crippen molar-refractivity contribution < 1.29 is 4.79 Å². The molecule has 98 valence electrons. The molecule has 1 fully saturated rings. The van der Waals surface area contributed by atoms with E-state index >= 15 is 0 Å². The molecular weight excluding hydrogens is 228 g/mol. The van der Waals surface area contributed by atoms with E-state index in [1.54, 1.807) is 12.3 Å². The van der Waals surface area contributed by atoms with Crippen molar-refractivity contribution >= 4 is 17.3 Å². The molecule has 0 aliphatic carbocycles. The van der Waals surface area contributed by atoms with Gasteiger partial charge in [0.1, 0.15) is 0 Å². The molecule has 0 bridgehead atoms. The summed E-state index contributed by atoms with van der Waals surface area (Å²) in [5.74, 6) is -0.00574. The van der Waals surface area contributed by atoms with Crippen LogP contribution in [0, 0.1) is 6.92 Å². The van der Waals surface area contributed by atoms with E-state index in [1.165, 1.54) is 12.8 Å². The topological polar surface area (TPSA) is 71.2 Å². The number of carbonyl (C=O) groups is 1. The summed E-state index contributed by atoms with van der Waals surface area (Å²) in [5.41, 5.74) is 7.80. The monoisotopic (exact) mass is 248 g/mol. The number of pyridine rings is 1. The second kappa shape index (κ2) is 5.35. The molecule has 0 radical (unpaired) electrons. The van der Waals surface area contributed by atoms with Crippen LogP contribution in [0.15, 0.2) is 12.3 Å². The van der Waals surface area contributed by atoms with Gasteiger partial charge in [0.25, 0.3) is 0 Å². The normalized spacial score (nSPS) is 20.0. The maximum absolute atomic E-state index is 11.9. The maximum atomic E-state index is 11.9. The van der Waals surface area contributed by atoms with Crippen LogP contribution in [-0.4, -0.2) is 34.9 Å². The van der Waals surface area contributed by atoms with E-state index in [2.05, 4.69) is 22.1 Å². The number of nitrogens with one attached hydrogen (secondary N) is 1. The molecule has 1 aromatic rings. The van der Waals surface area contributed by atoms with Crippen molar-refractivity contribution in [2.45, 2.75) is 32.7 Å². The quantitative estimate of drug-likeness (QED) is 0.848. The van der Waals surface area contributed by atoms with Gasteiger partial charge >= 0.3 is 0 Å². The zero-order chi connectivity index (χ0) is 13.1. The Morgan fingerprint density at radius 3 is 3.06 bits per heavy atom. The van der Waals surface area contributed by atoms with Crippen molar-refractivity contribution in [3.05, 3.63) is 18.0 Å². The Bertz CT molecular complexity index is 447. The van der Waals surface area contributed by atoms with Gasteiger partial charge in [-0.05, 0) is 39.3 Å². The molecule has 5 nitrogen and oxygen atoms in total. The summed E-state index contributed by atoms with van der Waals surface area (Å²) in [6, 6.07) is 2.24. The molecule has 1 saturated heterocycles. The van der Waals surface area contributed by atoms with Crippen molar-refractivity contribution in [2.24, 2.45) is 0 Å². The first kappa shape index (κ1) is 12.8. The van der Waals surface area contributed by atoms with Crippen LogP contribution >= 0.6 is 0 Å². The molecule has 2 heterocycles. The zero-order valence-corrected chi connectivity index (χ0v) is 10.9. The molecule has 5 heteroatoms. The fraction of sp³-hybridized carbons (Fsp3) is 0.538. The van der Waals surface area contributed by atoms with E-state index < -0.39 is 0 Å². The van der Waals surface area contributed by atoms with Gasteiger partial charge in [-0.2, -0.15) is 0 Å². The first-order valence-corrected chi connectivity index (χ1v) is 6.32. The van der Waals surface area contributed by atoms with Gasteiger partial charge in [-0.15, -0.1) is 0 Å². The van der Waals surface area contributed by atoms with Crippen LogP contribution in [0.3, 0.4) is 0 Å². The SMILES string of the molecule is Cc1ncc(NC(=O)CN2CCC[C@H]2C)cc1N. The highest BCUT2D eigenvalue weighted by Crippen LogP contribution is 2.17. The van der Waals surface area contributed by atoms with Crippen molar-refractivity contribution in [1.29, 1.82) is 0 Å². The third kappa shape index (κ3) is 2.98. The number of carbonyl (C=O) groups excluding carboxylic acids is 1. The highest BCUT2D eigenvalue weighted by atomic mass is 16.2. The van der Waals surface area contributed by atoms with Crippen LogP contribution in [0.25, 0.3) is 0 Å². The molecule has 0 saturated carbocycles. The van der Waals surface area contributed by atoms with Crippen LogP contribution in [0.4, 0.5) is 11.4 Å². The molecule has 1 amide bonds. The first-order valence-electron chi connectivity index (χ1n) is 6.32. The summed E-state index contributed by atoms with van der Waals surface area (Å²) >= 11 is 0. The van der Waals surface area contributed by atoms with E-state index in [9.17, 15) is 4.79 Å². The number of hydrogen-bond donors (Lipinski definition) is 2. The van der Waals surface area contributed by atoms with Gasteiger partial charge in [-0.25, -0.2) is 0 Å². The summed E-state index contributed by atoms with van der Waals surface area (Å²) in [7, 11) is 0. The van der Waals surface area contributed by atoms with Gasteiger partial charge in [0.15, 0.2) is 0 Å². The number of aromatic nitrogens is 1. The minimum Gasteiger partial charge on any atom is -0.397 e. The van der Waals surface area contributed by atoms with E-state index in [0.29, 0.717) is 24.0 Å². The standard InChI is InChI=1S/C13H20N4O/c1-9-4-3-5-17(9)8-13(18)16-11-6-12(14)10(2)15-7-11/h6-7,9H,3-5,8,14H2,1-2H3,(H,16,18)/t9-/m1/s1. The van der Waals surface area contributed by atoms with Gasteiger partial charge in [0, 0.05) is 6.04 Å². The minimum absolute atomic E-state index is 0.00574. The van der Waals surface area contributed by atoms with Gasteiger partial charge in [-0.1, -0.05) is 0 Å². The Morgan fingerprint density at radius 1 is 1.67 bits per heavy atom. The van der Waals surface area contributed by atoms with E-state index in [1.807, 2.05) is 6.92 Å². The Morgan fingerprint density at radius 2 is 2.44 bits per heavy atom. The molecule has 0 aromatic carbocycles. The average Bonchev–Trinajstić information content (AvgIpc) is 2.70. The minimum atomic E-state index is -0.00574. The second-order valence-corrected chi connectivity index (χ2v) is 4.91. The number of rotatable bonds is 3. The van der Waals surface area contributed by atoms with E-state index in [0.717, 1.165) is 12.2 Å². The summed E-state index contributed by atoms with van der Waals surface area (Å²) in [5, 5.41) is 2.83. The van der Waals surface area contributed by atoms with Crippen molar-refractivity contribution in [3.63, 3.8) is 0 Å². The van der Waals surface area contributed by atoms with Crippen molar-refractivity contribution in [1.82, 2.24) is 9.88 Å². The largest absolute Gasteiger partial charge is 0.397 e. The number of hydrogen-bond acceptors (Lipinski definition) is 4. The Balaban J connectivity index is 1.92. The lowest BCUT2D eigenvalue weighted by molar-refractivity contribution is -0.117. The van der Waals surface area contributed by atoms with Crippen LogP contribution in [0.2, 0.25) is 0 Å². The molecule has 1 aliphatic rings. The van der Waals surface area contributed by atoms with Crippen molar-refractivity contribution in [2.75, 3.05) is 24.1 Å². The zero-order valence-electron chi connectivity index (χ0n) is 10.9. The predicted octanol–water partition coefficient (Wildman–Crippen LogP) is 1.40. The summed E-state index contributed by atoms with van der Waals surface area (Å²) in [6.45, 7) is 5.44. The summed E-state index contributed by atoms with van der Waals surface area (Å²) < 4.78 is 0. The molecule has 1 atom stereocenters. The van der Waals surface area contributed by atoms with Crippen molar-refractivity contribution in [3.8, 4) is 0 Å². The molecule has 1 aromatic heterocycles. The fourth-order valence-electron chi connectivity index (χ4n) is 2.23. The third-order valence-electron chi connectivity index (χ3n) is 3.45. The molecular formula is C13H20N4O. The van der Waals surface area contributed by atoms with Crippen LogP contribution in [-0.2, 0) is 4.79 Å². The van der Waals surface area contributed by atoms with E-state index in [4.69, 9.17) is 5.73 Å². The average molecular weight is 248 g/mol. The summed E-state index contributed by atoms with van der Waals surface area (Å²) in [4.78, 5) is 18.2. The maximum Gasteiger partial charge on any atom is 0.238 e. The number of nitrogens with zero attached hydrogens (tertiary/aromatic N) is 2. The fourth-order valence-corrected chi connectivity index (χ4v) is 2.23. The highest BCUT2D eigenvalue weighted by Gasteiger charge is 2.22. The van der Waals surface area contributed by atoms with Crippen LogP contribution < -0.4 is 11.1 Å². The Hall–Kier alpha value is -1.62. The summed E-state index contributed by atoms with van der Waals surface area (Å²) in [6.07, 6.45) is 3.98. The lowest BCUT2D eigenvalue weighted by Crippen LogP contribution is -2.35. The van der Waals surface area contributed by atoms with Gasteiger partial charge < -0.3 is 11.1 Å². The second-order valence-electron chi connectivity index (χ2n) is 4.91. The lowest BCUT2D eigenvalue weighted by atomic mass is 10.2. The Kier molecular flexibility index (Phi) is 3.81. The predicted molar refractivity (Wildman–Crippen MR) is 72.3 cm³/mol. The molecule has 0 spiro atoms. The third-order valence-corrected chi connectivity index (χ3v) is 3.45. The van der Waals surface area contributed by atoms with Crippen LogP contribution in [0.5, 0.6) is 0 Å². The number of anilines is 2. The van der Waals surface area contributed by atoms with E-state index in [-0.39, 0.29) is 5.91 Å². The molecule has 18 heavy (non-hydrogen) atoms.